The Balaban J connectivity index is 1.65. The molecule has 1 aromatic carbocycles. The number of aromatic nitrogens is 4. The predicted octanol–water partition coefficient (Wildman–Crippen LogP) is 1.39. The van der Waals surface area contributed by atoms with Crippen LogP contribution in [0.2, 0.25) is 0 Å². The number of nitrogens with zero attached hydrogens (tertiary/aromatic N) is 4. The Bertz CT molecular complexity index is 795. The van der Waals surface area contributed by atoms with Gasteiger partial charge in [0, 0.05) is 11.8 Å². The largest absolute Gasteiger partial charge is 0.293 e. The lowest BCUT2D eigenvalue weighted by Gasteiger charge is -2.03. The lowest BCUT2D eigenvalue weighted by atomic mass is 10.1. The third-order valence-electron chi connectivity index (χ3n) is 3.29. The van der Waals surface area contributed by atoms with Crippen LogP contribution in [0.1, 0.15) is 29.2 Å². The molecule has 7 nitrogen and oxygen atoms in total. The summed E-state index contributed by atoms with van der Waals surface area (Å²) >= 11 is 1.29. The molecule has 0 saturated heterocycles. The number of hydrogen-bond donors (Lipinski definition) is 0. The molecular weight excluding hydrogens is 324 g/mol. The second-order valence-corrected chi connectivity index (χ2v) is 8.10. The first-order chi connectivity index (χ1) is 10.4. The average molecular weight is 338 g/mol. The zero-order valence-electron chi connectivity index (χ0n) is 11.8. The minimum atomic E-state index is -3.25. The van der Waals surface area contributed by atoms with Crippen LogP contribution in [0, 0.1) is 0 Å². The standard InChI is InChI=1S/C13H14N4O3S2/c1-22(19,20)11-6-2-9(3-7-11)12(18)8-21-13-14-15-16-17(13)10-4-5-10/h2-3,6-7,10H,4-5,8H2,1H3. The van der Waals surface area contributed by atoms with Gasteiger partial charge in [-0.25, -0.2) is 13.1 Å². The second-order valence-electron chi connectivity index (χ2n) is 5.15. The molecule has 0 bridgehead atoms. The van der Waals surface area contributed by atoms with Gasteiger partial charge in [-0.05, 0) is 35.4 Å². The van der Waals surface area contributed by atoms with E-state index in [9.17, 15) is 13.2 Å². The van der Waals surface area contributed by atoms with E-state index in [-0.39, 0.29) is 16.4 Å². The van der Waals surface area contributed by atoms with E-state index < -0.39 is 9.84 Å². The Morgan fingerprint density at radius 1 is 1.32 bits per heavy atom. The van der Waals surface area contributed by atoms with Gasteiger partial charge >= 0.3 is 0 Å². The molecule has 9 heteroatoms. The highest BCUT2D eigenvalue weighted by molar-refractivity contribution is 7.99. The maximum absolute atomic E-state index is 12.1. The minimum Gasteiger partial charge on any atom is -0.293 e. The van der Waals surface area contributed by atoms with E-state index in [4.69, 9.17) is 0 Å². The third-order valence-corrected chi connectivity index (χ3v) is 5.35. The van der Waals surface area contributed by atoms with Crippen molar-refractivity contribution >= 4 is 27.4 Å². The number of Topliss-reactive ketones (excluding diaryl/α,β-unsaturated/α-hetero) is 1. The molecule has 1 saturated carbocycles. The molecule has 2 aromatic rings. The molecule has 1 aliphatic carbocycles. The van der Waals surface area contributed by atoms with Gasteiger partial charge in [0.2, 0.25) is 5.16 Å². The van der Waals surface area contributed by atoms with Crippen LogP contribution in [0.15, 0.2) is 34.3 Å². The van der Waals surface area contributed by atoms with E-state index >= 15 is 0 Å². The number of carbonyl (C=O) groups is 1. The van der Waals surface area contributed by atoms with E-state index in [1.807, 2.05) is 0 Å². The first-order valence-electron chi connectivity index (χ1n) is 6.69. The summed E-state index contributed by atoms with van der Waals surface area (Å²) in [4.78, 5) is 12.4. The summed E-state index contributed by atoms with van der Waals surface area (Å²) in [5.74, 6) is 0.126. The highest BCUT2D eigenvalue weighted by Gasteiger charge is 2.28. The molecule has 3 rings (SSSR count). The number of carbonyl (C=O) groups excluding carboxylic acids is 1. The van der Waals surface area contributed by atoms with Crippen molar-refractivity contribution in [2.24, 2.45) is 0 Å². The molecule has 22 heavy (non-hydrogen) atoms. The molecule has 0 spiro atoms. The van der Waals surface area contributed by atoms with Crippen LogP contribution in [-0.4, -0.2) is 46.4 Å². The maximum atomic E-state index is 12.1. The fourth-order valence-corrected chi connectivity index (χ4v) is 3.40. The van der Waals surface area contributed by atoms with Gasteiger partial charge in [-0.1, -0.05) is 23.9 Å². The molecule has 1 aromatic heterocycles. The lowest BCUT2D eigenvalue weighted by Crippen LogP contribution is -2.06. The number of benzene rings is 1. The second kappa shape index (κ2) is 5.81. The molecule has 1 aliphatic rings. The zero-order chi connectivity index (χ0) is 15.7. The van der Waals surface area contributed by atoms with Crippen LogP contribution < -0.4 is 0 Å². The normalized spacial score (nSPS) is 15.0. The monoisotopic (exact) mass is 338 g/mol. The lowest BCUT2D eigenvalue weighted by molar-refractivity contribution is 0.102. The van der Waals surface area contributed by atoms with Crippen LogP contribution >= 0.6 is 11.8 Å². The predicted molar refractivity (Wildman–Crippen MR) is 80.7 cm³/mol. The van der Waals surface area contributed by atoms with Gasteiger partial charge < -0.3 is 0 Å². The zero-order valence-corrected chi connectivity index (χ0v) is 13.5. The summed E-state index contributed by atoms with van der Waals surface area (Å²) in [5, 5.41) is 12.1. The number of tetrazole rings is 1. The van der Waals surface area contributed by atoms with Crippen molar-refractivity contribution in [2.45, 2.75) is 28.9 Å². The molecule has 1 heterocycles. The minimum absolute atomic E-state index is 0.0876. The van der Waals surface area contributed by atoms with Crippen molar-refractivity contribution in [3.05, 3.63) is 29.8 Å². The number of thioether (sulfide) groups is 1. The number of rotatable bonds is 6. The summed E-state index contributed by atoms with van der Waals surface area (Å²) in [5.41, 5.74) is 0.477. The molecule has 0 radical (unpaired) electrons. The summed E-state index contributed by atoms with van der Waals surface area (Å²) in [7, 11) is -3.25. The Hall–Kier alpha value is -1.74. The van der Waals surface area contributed by atoms with Crippen LogP contribution in [0.25, 0.3) is 0 Å². The summed E-state index contributed by atoms with van der Waals surface area (Å²) in [6, 6.07) is 6.32. The maximum Gasteiger partial charge on any atom is 0.210 e. The molecule has 1 fully saturated rings. The Labute approximate surface area is 132 Å². The van der Waals surface area contributed by atoms with E-state index in [0.717, 1.165) is 19.1 Å². The Morgan fingerprint density at radius 3 is 2.59 bits per heavy atom. The molecule has 0 atom stereocenters. The van der Waals surface area contributed by atoms with Gasteiger partial charge in [0.15, 0.2) is 15.6 Å². The Kier molecular flexibility index (Phi) is 4.00. The number of sulfone groups is 1. The molecule has 116 valence electrons. The SMILES string of the molecule is CS(=O)(=O)c1ccc(C(=O)CSc2nnnn2C2CC2)cc1. The van der Waals surface area contributed by atoms with Gasteiger partial charge in [-0.2, -0.15) is 0 Å². The fraction of sp³-hybridized carbons (Fsp3) is 0.385. The number of ketones is 1. The molecule has 0 amide bonds. The molecule has 0 aliphatic heterocycles. The van der Waals surface area contributed by atoms with Crippen molar-refractivity contribution in [2.75, 3.05) is 12.0 Å². The van der Waals surface area contributed by atoms with Crippen LogP contribution in [0.4, 0.5) is 0 Å². The van der Waals surface area contributed by atoms with Gasteiger partial charge in [-0.3, -0.25) is 4.79 Å². The van der Waals surface area contributed by atoms with Crippen LogP contribution in [-0.2, 0) is 9.84 Å². The van der Waals surface area contributed by atoms with E-state index in [0.29, 0.717) is 16.8 Å². The summed E-state index contributed by atoms with van der Waals surface area (Å²) in [6.07, 6.45) is 3.27. The van der Waals surface area contributed by atoms with Gasteiger partial charge in [0.25, 0.3) is 0 Å². The van der Waals surface area contributed by atoms with Crippen molar-refractivity contribution < 1.29 is 13.2 Å². The van der Waals surface area contributed by atoms with Crippen molar-refractivity contribution in [1.29, 1.82) is 0 Å². The quantitative estimate of drug-likeness (QED) is 0.580. The first kappa shape index (κ1) is 15.2. The van der Waals surface area contributed by atoms with Crippen molar-refractivity contribution in [3.8, 4) is 0 Å². The topological polar surface area (TPSA) is 94.8 Å². The summed E-state index contributed by atoms with van der Waals surface area (Å²) < 4.78 is 24.5. The van der Waals surface area contributed by atoms with Crippen molar-refractivity contribution in [1.82, 2.24) is 20.2 Å². The van der Waals surface area contributed by atoms with Crippen LogP contribution in [0.5, 0.6) is 0 Å². The fourth-order valence-electron chi connectivity index (χ4n) is 1.93. The summed E-state index contributed by atoms with van der Waals surface area (Å²) in [6.45, 7) is 0. The first-order valence-corrected chi connectivity index (χ1v) is 9.57. The van der Waals surface area contributed by atoms with Crippen molar-refractivity contribution in [3.63, 3.8) is 0 Å². The average Bonchev–Trinajstić information content (AvgIpc) is 3.22. The van der Waals surface area contributed by atoms with Gasteiger partial charge in [0.1, 0.15) is 0 Å². The third kappa shape index (κ3) is 3.36. The molecular formula is C13H14N4O3S2. The van der Waals surface area contributed by atoms with E-state index in [1.54, 1.807) is 4.68 Å². The van der Waals surface area contributed by atoms with E-state index in [1.165, 1.54) is 36.0 Å². The molecule has 0 unspecified atom stereocenters. The molecule has 0 N–H and O–H groups in total. The Morgan fingerprint density at radius 2 is 2.00 bits per heavy atom. The van der Waals surface area contributed by atoms with Gasteiger partial charge in [-0.15, -0.1) is 5.10 Å². The van der Waals surface area contributed by atoms with E-state index in [2.05, 4.69) is 15.5 Å². The smallest absolute Gasteiger partial charge is 0.210 e. The highest BCUT2D eigenvalue weighted by atomic mass is 32.2. The highest BCUT2D eigenvalue weighted by Crippen LogP contribution is 2.36. The van der Waals surface area contributed by atoms with Crippen LogP contribution in [0.3, 0.4) is 0 Å². The van der Waals surface area contributed by atoms with Gasteiger partial charge in [0.05, 0.1) is 16.7 Å². The number of hydrogen-bond acceptors (Lipinski definition) is 7.